The average Bonchev–Trinajstić information content (AvgIpc) is 2.69. The van der Waals surface area contributed by atoms with Crippen molar-refractivity contribution in [1.82, 2.24) is 5.32 Å². The van der Waals surface area contributed by atoms with Gasteiger partial charge in [0.1, 0.15) is 11.9 Å². The first-order valence-electron chi connectivity index (χ1n) is 8.28. The number of carbonyl (C=O) groups is 1. The summed E-state index contributed by atoms with van der Waals surface area (Å²) in [5, 5.41) is 23.3. The third-order valence-corrected chi connectivity index (χ3v) is 4.60. The van der Waals surface area contributed by atoms with Gasteiger partial charge in [-0.1, -0.05) is 32.8 Å². The van der Waals surface area contributed by atoms with Gasteiger partial charge < -0.3 is 20.3 Å². The standard InChI is InChI=1S/C18H27NO4/c1-11(2)12-8-9-15(20)13(10-12)18(22)19-14-6-4-5-7-16(23-3)17(14)21/h8-11,14,16-17,20-21H,4-7H2,1-3H3,(H,19,22)/t14-,16-,17-/m1/s1. The molecule has 128 valence electrons. The first kappa shape index (κ1) is 17.8. The van der Waals surface area contributed by atoms with Crippen LogP contribution in [0.25, 0.3) is 0 Å². The molecule has 23 heavy (non-hydrogen) atoms. The molecule has 1 aliphatic carbocycles. The topological polar surface area (TPSA) is 78.8 Å². The quantitative estimate of drug-likeness (QED) is 0.745. The van der Waals surface area contributed by atoms with E-state index < -0.39 is 6.10 Å². The molecule has 0 unspecified atom stereocenters. The Morgan fingerprint density at radius 1 is 1.30 bits per heavy atom. The Kier molecular flexibility index (Phi) is 6.02. The van der Waals surface area contributed by atoms with Gasteiger partial charge in [-0.05, 0) is 36.5 Å². The number of phenolic OH excluding ortho intramolecular Hbond substituents is 1. The summed E-state index contributed by atoms with van der Waals surface area (Å²) in [4.78, 5) is 12.5. The molecule has 0 aromatic heterocycles. The number of rotatable bonds is 4. The van der Waals surface area contributed by atoms with Crippen molar-refractivity contribution in [3.8, 4) is 5.75 Å². The van der Waals surface area contributed by atoms with Gasteiger partial charge in [0, 0.05) is 7.11 Å². The molecule has 0 spiro atoms. The van der Waals surface area contributed by atoms with Gasteiger partial charge in [-0.25, -0.2) is 0 Å². The fraction of sp³-hybridized carbons (Fsp3) is 0.611. The first-order chi connectivity index (χ1) is 10.9. The van der Waals surface area contributed by atoms with Gasteiger partial charge in [0.05, 0.1) is 17.7 Å². The van der Waals surface area contributed by atoms with Crippen LogP contribution in [0.1, 0.15) is 61.4 Å². The fourth-order valence-electron chi connectivity index (χ4n) is 3.07. The molecule has 0 bridgehead atoms. The zero-order valence-corrected chi connectivity index (χ0v) is 14.1. The summed E-state index contributed by atoms with van der Waals surface area (Å²) in [6, 6.07) is 4.72. The van der Waals surface area contributed by atoms with Crippen LogP contribution in [-0.2, 0) is 4.74 Å². The molecular weight excluding hydrogens is 294 g/mol. The molecule has 3 N–H and O–H groups in total. The van der Waals surface area contributed by atoms with Crippen LogP contribution < -0.4 is 5.32 Å². The summed E-state index contributed by atoms with van der Waals surface area (Å²) in [6.07, 6.45) is 2.39. The lowest BCUT2D eigenvalue weighted by Crippen LogP contribution is -2.48. The minimum Gasteiger partial charge on any atom is -0.507 e. The molecule has 0 heterocycles. The predicted molar refractivity (Wildman–Crippen MR) is 88.7 cm³/mol. The number of carbonyl (C=O) groups excluding carboxylic acids is 1. The van der Waals surface area contributed by atoms with Gasteiger partial charge in [-0.2, -0.15) is 0 Å². The van der Waals surface area contributed by atoms with E-state index in [2.05, 4.69) is 5.32 Å². The van der Waals surface area contributed by atoms with Gasteiger partial charge in [-0.3, -0.25) is 4.79 Å². The molecule has 0 radical (unpaired) electrons. The minimum atomic E-state index is -0.734. The summed E-state index contributed by atoms with van der Waals surface area (Å²) >= 11 is 0. The Hall–Kier alpha value is -1.59. The van der Waals surface area contributed by atoms with E-state index in [1.807, 2.05) is 19.9 Å². The van der Waals surface area contributed by atoms with Crippen LogP contribution in [0, 0.1) is 0 Å². The Morgan fingerprint density at radius 3 is 2.65 bits per heavy atom. The second-order valence-electron chi connectivity index (χ2n) is 6.56. The highest BCUT2D eigenvalue weighted by atomic mass is 16.5. The van der Waals surface area contributed by atoms with Crippen LogP contribution in [0.3, 0.4) is 0 Å². The second kappa shape index (κ2) is 7.79. The summed E-state index contributed by atoms with van der Waals surface area (Å²) in [5.41, 5.74) is 1.24. The largest absolute Gasteiger partial charge is 0.507 e. The van der Waals surface area contributed by atoms with Crippen molar-refractivity contribution in [3.05, 3.63) is 29.3 Å². The number of methoxy groups -OCH3 is 1. The van der Waals surface area contributed by atoms with Crippen molar-refractivity contribution in [2.24, 2.45) is 0 Å². The van der Waals surface area contributed by atoms with E-state index in [-0.39, 0.29) is 35.3 Å². The molecule has 1 amide bonds. The van der Waals surface area contributed by atoms with Crippen LogP contribution in [0.4, 0.5) is 0 Å². The number of phenols is 1. The Bertz CT molecular complexity index is 544. The molecule has 2 rings (SSSR count). The molecule has 1 aromatic rings. The van der Waals surface area contributed by atoms with E-state index >= 15 is 0 Å². The van der Waals surface area contributed by atoms with Crippen LogP contribution >= 0.6 is 0 Å². The summed E-state index contributed by atoms with van der Waals surface area (Å²) in [7, 11) is 1.58. The molecule has 0 saturated heterocycles. The van der Waals surface area contributed by atoms with Gasteiger partial charge in [0.15, 0.2) is 0 Å². The predicted octanol–water partition coefficient (Wildman–Crippen LogP) is 2.56. The third kappa shape index (κ3) is 4.24. The molecule has 1 aromatic carbocycles. The van der Waals surface area contributed by atoms with E-state index in [1.165, 1.54) is 0 Å². The number of aliphatic hydroxyl groups is 1. The highest BCUT2D eigenvalue weighted by molar-refractivity contribution is 5.97. The van der Waals surface area contributed by atoms with Crippen LogP contribution in [0.5, 0.6) is 5.75 Å². The van der Waals surface area contributed by atoms with E-state index in [4.69, 9.17) is 4.74 Å². The summed E-state index contributed by atoms with van der Waals surface area (Å²) < 4.78 is 5.32. The number of aromatic hydroxyl groups is 1. The maximum atomic E-state index is 12.5. The van der Waals surface area contributed by atoms with Crippen molar-refractivity contribution in [2.45, 2.75) is 63.7 Å². The van der Waals surface area contributed by atoms with Crippen LogP contribution in [0.15, 0.2) is 18.2 Å². The lowest BCUT2D eigenvalue weighted by Gasteiger charge is -2.27. The Labute approximate surface area is 137 Å². The third-order valence-electron chi connectivity index (χ3n) is 4.60. The van der Waals surface area contributed by atoms with E-state index in [1.54, 1.807) is 19.2 Å². The molecule has 1 saturated carbocycles. The lowest BCUT2D eigenvalue weighted by molar-refractivity contribution is -0.0277. The number of amides is 1. The van der Waals surface area contributed by atoms with Gasteiger partial charge >= 0.3 is 0 Å². The number of ether oxygens (including phenoxy) is 1. The van der Waals surface area contributed by atoms with Crippen LogP contribution in [-0.4, -0.2) is 41.5 Å². The van der Waals surface area contributed by atoms with E-state index in [0.29, 0.717) is 6.42 Å². The monoisotopic (exact) mass is 321 g/mol. The molecule has 3 atom stereocenters. The molecular formula is C18H27NO4. The van der Waals surface area contributed by atoms with Crippen molar-refractivity contribution < 1.29 is 19.7 Å². The van der Waals surface area contributed by atoms with Crippen molar-refractivity contribution in [1.29, 1.82) is 0 Å². The van der Waals surface area contributed by atoms with E-state index in [0.717, 1.165) is 24.8 Å². The number of nitrogens with one attached hydrogen (secondary N) is 1. The van der Waals surface area contributed by atoms with Crippen molar-refractivity contribution >= 4 is 5.91 Å². The van der Waals surface area contributed by atoms with Crippen molar-refractivity contribution in [2.75, 3.05) is 7.11 Å². The fourth-order valence-corrected chi connectivity index (χ4v) is 3.07. The molecule has 1 aliphatic rings. The van der Waals surface area contributed by atoms with E-state index in [9.17, 15) is 15.0 Å². The van der Waals surface area contributed by atoms with Gasteiger partial charge in [0.2, 0.25) is 0 Å². The smallest absolute Gasteiger partial charge is 0.255 e. The summed E-state index contributed by atoms with van der Waals surface area (Å²) in [5.74, 6) is -0.132. The molecule has 1 fully saturated rings. The maximum Gasteiger partial charge on any atom is 0.255 e. The normalized spacial score (nSPS) is 25.2. The maximum absolute atomic E-state index is 12.5. The van der Waals surface area contributed by atoms with Gasteiger partial charge in [0.25, 0.3) is 5.91 Å². The SMILES string of the molecule is CO[C@@H]1CCCC[C@@H](NC(=O)c2cc(C(C)C)ccc2O)[C@H]1O. The van der Waals surface area contributed by atoms with Gasteiger partial charge in [-0.15, -0.1) is 0 Å². The lowest BCUT2D eigenvalue weighted by atomic mass is 9.99. The molecule has 5 heteroatoms. The zero-order valence-electron chi connectivity index (χ0n) is 14.1. The second-order valence-corrected chi connectivity index (χ2v) is 6.56. The van der Waals surface area contributed by atoms with Crippen LogP contribution in [0.2, 0.25) is 0 Å². The number of benzene rings is 1. The first-order valence-corrected chi connectivity index (χ1v) is 8.28. The minimum absolute atomic E-state index is 0.0432. The number of hydrogen-bond acceptors (Lipinski definition) is 4. The highest BCUT2D eigenvalue weighted by Crippen LogP contribution is 2.25. The Morgan fingerprint density at radius 2 is 2.00 bits per heavy atom. The molecule has 5 nitrogen and oxygen atoms in total. The zero-order chi connectivity index (χ0) is 17.0. The average molecular weight is 321 g/mol. The van der Waals surface area contributed by atoms with Crippen molar-refractivity contribution in [3.63, 3.8) is 0 Å². The number of hydrogen-bond donors (Lipinski definition) is 3. The Balaban J connectivity index is 2.16. The number of aliphatic hydroxyl groups excluding tert-OH is 1. The highest BCUT2D eigenvalue weighted by Gasteiger charge is 2.31. The molecule has 0 aliphatic heterocycles. The summed E-state index contributed by atoms with van der Waals surface area (Å²) in [6.45, 7) is 4.07.